The van der Waals surface area contributed by atoms with E-state index in [0.29, 0.717) is 0 Å². The van der Waals surface area contributed by atoms with Crippen LogP contribution in [-0.2, 0) is 35.9 Å². The summed E-state index contributed by atoms with van der Waals surface area (Å²) in [6.07, 6.45) is -0.380. The summed E-state index contributed by atoms with van der Waals surface area (Å²) in [7, 11) is -5.96. The van der Waals surface area contributed by atoms with Crippen molar-refractivity contribution in [3.63, 3.8) is 0 Å². The first kappa shape index (κ1) is 29.9. The molecule has 0 saturated heterocycles. The fourth-order valence-corrected chi connectivity index (χ4v) is 7.82. The number of hydrogen-bond donors (Lipinski definition) is 4. The molecule has 0 unspecified atom stereocenters. The Morgan fingerprint density at radius 1 is 0.732 bits per heavy atom. The van der Waals surface area contributed by atoms with Crippen molar-refractivity contribution >= 4 is 66.0 Å². The number of carbonyl (C=O) groups excluding carboxylic acids is 2. The van der Waals surface area contributed by atoms with Crippen LogP contribution in [0.2, 0.25) is 0 Å². The van der Waals surface area contributed by atoms with E-state index >= 15 is 0 Å². The normalized spacial score (nSPS) is 11.6. The van der Waals surface area contributed by atoms with E-state index in [1.54, 1.807) is 22.9 Å². The third-order valence-corrected chi connectivity index (χ3v) is 11.2. The van der Waals surface area contributed by atoms with Crippen molar-refractivity contribution in [1.82, 2.24) is 0 Å². The van der Waals surface area contributed by atoms with Crippen LogP contribution in [0.3, 0.4) is 0 Å². The zero-order valence-corrected chi connectivity index (χ0v) is 24.5. The molecule has 0 bridgehead atoms. The number of aromatic hydroxyl groups is 2. The number of methoxy groups -OCH3 is 2. The monoisotopic (exact) mass is 638 g/mol. The van der Waals surface area contributed by atoms with Gasteiger partial charge >= 0.3 is 11.9 Å². The van der Waals surface area contributed by atoms with E-state index in [9.17, 15) is 36.6 Å². The molecule has 41 heavy (non-hydrogen) atoms. The molecular formula is C25H22N2O10S4. The van der Waals surface area contributed by atoms with Gasteiger partial charge in [-0.15, -0.1) is 22.7 Å². The molecule has 16 heteroatoms. The Balaban J connectivity index is 1.81. The Morgan fingerprint density at radius 2 is 1.12 bits per heavy atom. The molecule has 0 radical (unpaired) electrons. The standard InChI is InChI=1S/C25H22N2O10S4/c1-36-24(30)18-12-16(26-40(32,33)20-5-3-7-38-20)10-14(22(18)28)9-15-11-17(13-19(23(15)29)25(31)37-2)27-41(34,35)21-6-4-8-39-21/h3-8,10-13,26-29H,9H2,1-2H3. The molecule has 4 rings (SSSR count). The Labute approximate surface area is 242 Å². The summed E-state index contributed by atoms with van der Waals surface area (Å²) in [6.45, 7) is 0. The number of anilines is 2. The number of sulfonamides is 2. The molecular weight excluding hydrogens is 617 g/mol. The Hall–Kier alpha value is -4.12. The summed E-state index contributed by atoms with van der Waals surface area (Å²) in [5.74, 6) is -3.12. The van der Waals surface area contributed by atoms with Crippen LogP contribution in [0.4, 0.5) is 11.4 Å². The number of ether oxygens (including phenoxy) is 2. The Kier molecular flexibility index (Phi) is 8.58. The molecule has 12 nitrogen and oxygen atoms in total. The molecule has 0 aliphatic rings. The minimum atomic E-state index is -4.05. The lowest BCUT2D eigenvalue weighted by atomic mass is 9.97. The molecule has 4 N–H and O–H groups in total. The lowest BCUT2D eigenvalue weighted by Gasteiger charge is -2.16. The van der Waals surface area contributed by atoms with Gasteiger partial charge in [0.15, 0.2) is 0 Å². The number of hydrogen-bond acceptors (Lipinski definition) is 12. The van der Waals surface area contributed by atoms with Crippen molar-refractivity contribution in [1.29, 1.82) is 0 Å². The molecule has 0 aliphatic carbocycles. The van der Waals surface area contributed by atoms with Gasteiger partial charge in [-0.2, -0.15) is 0 Å². The number of rotatable bonds is 10. The van der Waals surface area contributed by atoms with Crippen molar-refractivity contribution in [2.75, 3.05) is 23.7 Å². The SMILES string of the molecule is COC(=O)c1cc(NS(=O)(=O)c2cccs2)cc(Cc2cc(NS(=O)(=O)c3cccs3)cc(C(=O)OC)c2O)c1O. The molecule has 0 atom stereocenters. The van der Waals surface area contributed by atoms with E-state index < -0.39 is 43.5 Å². The third kappa shape index (κ3) is 6.45. The first-order valence-corrected chi connectivity index (χ1v) is 16.1. The van der Waals surface area contributed by atoms with E-state index in [1.165, 1.54) is 24.3 Å². The average Bonchev–Trinajstić information content (AvgIpc) is 3.66. The molecule has 216 valence electrons. The summed E-state index contributed by atoms with van der Waals surface area (Å²) in [6, 6.07) is 10.5. The third-order valence-electron chi connectivity index (χ3n) is 5.59. The first-order chi connectivity index (χ1) is 19.4. The van der Waals surface area contributed by atoms with E-state index in [1.807, 2.05) is 0 Å². The second-order valence-electron chi connectivity index (χ2n) is 8.30. The largest absolute Gasteiger partial charge is 0.507 e. The highest BCUT2D eigenvalue weighted by Crippen LogP contribution is 2.36. The summed E-state index contributed by atoms with van der Waals surface area (Å²) in [5.41, 5.74) is -1.07. The van der Waals surface area contributed by atoms with Crippen LogP contribution in [0.15, 0.2) is 67.7 Å². The summed E-state index contributed by atoms with van der Waals surface area (Å²) >= 11 is 1.93. The molecule has 0 amide bonds. The van der Waals surface area contributed by atoms with Gasteiger partial charge in [-0.1, -0.05) is 12.1 Å². The highest BCUT2D eigenvalue weighted by molar-refractivity contribution is 7.95. The number of esters is 2. The van der Waals surface area contributed by atoms with Gasteiger partial charge in [0.25, 0.3) is 20.0 Å². The molecule has 2 aromatic heterocycles. The van der Waals surface area contributed by atoms with Gasteiger partial charge in [0.05, 0.1) is 25.6 Å². The molecule has 0 spiro atoms. The van der Waals surface area contributed by atoms with E-state index in [2.05, 4.69) is 9.44 Å². The number of phenols is 2. The second-order valence-corrected chi connectivity index (χ2v) is 14.0. The summed E-state index contributed by atoms with van der Waals surface area (Å²) in [5, 5.41) is 24.9. The van der Waals surface area contributed by atoms with Gasteiger partial charge in [0, 0.05) is 17.5 Å². The van der Waals surface area contributed by atoms with Crippen molar-refractivity contribution < 1.29 is 46.1 Å². The van der Waals surface area contributed by atoms with Crippen molar-refractivity contribution in [3.8, 4) is 11.5 Å². The van der Waals surface area contributed by atoms with Gasteiger partial charge in [0.1, 0.15) is 31.0 Å². The summed E-state index contributed by atoms with van der Waals surface area (Å²) in [4.78, 5) is 24.8. The van der Waals surface area contributed by atoms with Crippen molar-refractivity contribution in [2.45, 2.75) is 14.8 Å². The van der Waals surface area contributed by atoms with Crippen LogP contribution in [0, 0.1) is 0 Å². The molecule has 0 saturated carbocycles. The predicted octanol–water partition coefficient (Wildman–Crippen LogP) is 3.99. The van der Waals surface area contributed by atoms with Crippen LogP contribution < -0.4 is 9.44 Å². The number of benzene rings is 2. The number of thiophene rings is 2. The van der Waals surface area contributed by atoms with Gasteiger partial charge in [-0.25, -0.2) is 26.4 Å². The van der Waals surface area contributed by atoms with E-state index in [4.69, 9.17) is 9.47 Å². The fourth-order valence-electron chi connectivity index (χ4n) is 3.76. The molecule has 0 fully saturated rings. The molecule has 2 heterocycles. The van der Waals surface area contributed by atoms with Crippen molar-refractivity contribution in [3.05, 3.63) is 81.5 Å². The quantitative estimate of drug-likeness (QED) is 0.146. The van der Waals surface area contributed by atoms with Crippen LogP contribution >= 0.6 is 22.7 Å². The first-order valence-electron chi connectivity index (χ1n) is 11.4. The van der Waals surface area contributed by atoms with Crippen molar-refractivity contribution in [2.24, 2.45) is 0 Å². The van der Waals surface area contributed by atoms with Gasteiger partial charge in [-0.3, -0.25) is 9.44 Å². The van der Waals surface area contributed by atoms with Crippen LogP contribution in [0.25, 0.3) is 0 Å². The molecule has 4 aromatic rings. The van der Waals surface area contributed by atoms with Crippen LogP contribution in [0.1, 0.15) is 31.8 Å². The fraction of sp³-hybridized carbons (Fsp3) is 0.120. The highest BCUT2D eigenvalue weighted by atomic mass is 32.3. The molecule has 0 aliphatic heterocycles. The number of phenolic OH excluding ortho intramolecular Hbond substituents is 2. The maximum Gasteiger partial charge on any atom is 0.341 e. The van der Waals surface area contributed by atoms with Gasteiger partial charge in [0.2, 0.25) is 0 Å². The zero-order chi connectivity index (χ0) is 29.9. The predicted molar refractivity (Wildman–Crippen MR) is 152 cm³/mol. The lowest BCUT2D eigenvalue weighted by Crippen LogP contribution is -2.14. The molecule has 2 aromatic carbocycles. The van der Waals surface area contributed by atoms with Crippen LogP contribution in [0.5, 0.6) is 11.5 Å². The second kappa shape index (κ2) is 11.8. The maximum atomic E-state index is 12.8. The van der Waals surface area contributed by atoms with E-state index in [0.717, 1.165) is 49.0 Å². The van der Waals surface area contributed by atoms with Gasteiger partial charge < -0.3 is 19.7 Å². The lowest BCUT2D eigenvalue weighted by molar-refractivity contribution is 0.0588. The van der Waals surface area contributed by atoms with Gasteiger partial charge in [-0.05, 0) is 47.2 Å². The maximum absolute atomic E-state index is 12.8. The zero-order valence-electron chi connectivity index (χ0n) is 21.3. The number of nitrogens with one attached hydrogen (secondary N) is 2. The Morgan fingerprint density at radius 3 is 1.44 bits per heavy atom. The average molecular weight is 639 g/mol. The highest BCUT2D eigenvalue weighted by Gasteiger charge is 2.25. The minimum Gasteiger partial charge on any atom is -0.507 e. The summed E-state index contributed by atoms with van der Waals surface area (Å²) < 4.78 is 65.4. The van der Waals surface area contributed by atoms with Crippen LogP contribution in [-0.4, -0.2) is 53.2 Å². The van der Waals surface area contributed by atoms with E-state index in [-0.39, 0.29) is 48.5 Å². The Bertz CT molecular complexity index is 1680. The minimum absolute atomic E-state index is 0.00201. The number of carbonyl (C=O) groups is 2. The smallest absolute Gasteiger partial charge is 0.341 e. The topological polar surface area (TPSA) is 185 Å².